The van der Waals surface area contributed by atoms with Crippen LogP contribution in [0.3, 0.4) is 0 Å². The van der Waals surface area contributed by atoms with Crippen molar-refractivity contribution in [1.82, 2.24) is 5.32 Å². The lowest BCUT2D eigenvalue weighted by Gasteiger charge is -2.08. The van der Waals surface area contributed by atoms with Crippen molar-refractivity contribution in [3.8, 4) is 0 Å². The van der Waals surface area contributed by atoms with Crippen LogP contribution in [0.25, 0.3) is 0 Å². The third-order valence-electron chi connectivity index (χ3n) is 3.32. The van der Waals surface area contributed by atoms with Crippen LogP contribution in [0.15, 0.2) is 46.9 Å². The van der Waals surface area contributed by atoms with Crippen LogP contribution in [0.1, 0.15) is 15.9 Å². The van der Waals surface area contributed by atoms with Crippen LogP contribution in [-0.4, -0.2) is 30.9 Å². The topological polar surface area (TPSA) is 84.5 Å². The fraction of sp³-hybridized carbons (Fsp3) is 0.167. The number of carbonyl (C=O) groups excluding carboxylic acids is 3. The van der Waals surface area contributed by atoms with Gasteiger partial charge in [-0.3, -0.25) is 14.4 Å². The van der Waals surface area contributed by atoms with Gasteiger partial charge in [0.05, 0.1) is 0 Å². The molecule has 0 aliphatic carbocycles. The second-order valence-electron chi connectivity index (χ2n) is 5.36. The molecule has 2 amide bonds. The monoisotopic (exact) mass is 438 g/mol. The van der Waals surface area contributed by atoms with Crippen LogP contribution in [0.5, 0.6) is 0 Å². The second kappa shape index (κ2) is 9.35. The molecule has 2 aromatic rings. The van der Waals surface area contributed by atoms with Gasteiger partial charge in [-0.05, 0) is 48.9 Å². The van der Waals surface area contributed by atoms with Crippen LogP contribution in [0.2, 0.25) is 5.02 Å². The van der Waals surface area contributed by atoms with E-state index in [0.29, 0.717) is 16.3 Å². The van der Waals surface area contributed by atoms with Crippen molar-refractivity contribution >= 4 is 51.0 Å². The van der Waals surface area contributed by atoms with E-state index in [1.807, 2.05) is 6.92 Å². The van der Waals surface area contributed by atoms with E-state index >= 15 is 0 Å². The van der Waals surface area contributed by atoms with E-state index in [9.17, 15) is 14.4 Å². The van der Waals surface area contributed by atoms with Crippen molar-refractivity contribution < 1.29 is 19.1 Å². The average Bonchev–Trinajstić information content (AvgIpc) is 2.61. The highest BCUT2D eigenvalue weighted by atomic mass is 79.9. The lowest BCUT2D eigenvalue weighted by molar-refractivity contribution is -0.146. The average molecular weight is 440 g/mol. The zero-order valence-corrected chi connectivity index (χ0v) is 16.2. The number of halogens is 2. The zero-order chi connectivity index (χ0) is 19.1. The predicted molar refractivity (Wildman–Crippen MR) is 102 cm³/mol. The fourth-order valence-electron chi connectivity index (χ4n) is 1.92. The predicted octanol–water partition coefficient (Wildman–Crippen LogP) is 3.32. The van der Waals surface area contributed by atoms with E-state index in [0.717, 1.165) is 10.0 Å². The quantitative estimate of drug-likeness (QED) is 0.676. The Morgan fingerprint density at radius 2 is 1.81 bits per heavy atom. The van der Waals surface area contributed by atoms with Crippen LogP contribution < -0.4 is 10.6 Å². The van der Waals surface area contributed by atoms with Gasteiger partial charge in [-0.1, -0.05) is 33.6 Å². The number of esters is 1. The number of carbonyl (C=O) groups is 3. The summed E-state index contributed by atoms with van der Waals surface area (Å²) in [5, 5.41) is 5.52. The van der Waals surface area contributed by atoms with E-state index in [4.69, 9.17) is 16.3 Å². The van der Waals surface area contributed by atoms with E-state index in [1.54, 1.807) is 42.5 Å². The SMILES string of the molecule is Cc1ccc(NC(=O)COC(=O)CNC(=O)c2ccc(Br)cc2)cc1Cl. The molecule has 26 heavy (non-hydrogen) atoms. The summed E-state index contributed by atoms with van der Waals surface area (Å²) in [4.78, 5) is 35.3. The first-order chi connectivity index (χ1) is 12.3. The van der Waals surface area contributed by atoms with Gasteiger partial charge in [0.2, 0.25) is 0 Å². The van der Waals surface area contributed by atoms with Crippen molar-refractivity contribution in [2.24, 2.45) is 0 Å². The Balaban J connectivity index is 1.73. The van der Waals surface area contributed by atoms with Gasteiger partial charge < -0.3 is 15.4 Å². The van der Waals surface area contributed by atoms with Crippen molar-refractivity contribution in [1.29, 1.82) is 0 Å². The third kappa shape index (κ3) is 6.16. The number of benzene rings is 2. The molecule has 0 spiro atoms. The van der Waals surface area contributed by atoms with Gasteiger partial charge in [-0.25, -0.2) is 0 Å². The highest BCUT2D eigenvalue weighted by molar-refractivity contribution is 9.10. The molecule has 0 radical (unpaired) electrons. The first-order valence-electron chi connectivity index (χ1n) is 7.60. The van der Waals surface area contributed by atoms with Crippen LogP contribution in [-0.2, 0) is 14.3 Å². The minimum absolute atomic E-state index is 0.335. The van der Waals surface area contributed by atoms with Crippen molar-refractivity contribution in [3.05, 3.63) is 63.1 Å². The van der Waals surface area contributed by atoms with Gasteiger partial charge >= 0.3 is 5.97 Å². The number of ether oxygens (including phenoxy) is 1. The summed E-state index contributed by atoms with van der Waals surface area (Å²) in [5.41, 5.74) is 1.80. The van der Waals surface area contributed by atoms with Crippen molar-refractivity contribution in [2.75, 3.05) is 18.5 Å². The van der Waals surface area contributed by atoms with Crippen molar-refractivity contribution in [2.45, 2.75) is 6.92 Å². The molecule has 0 aliphatic rings. The molecule has 0 aliphatic heterocycles. The minimum Gasteiger partial charge on any atom is -0.454 e. The second-order valence-corrected chi connectivity index (χ2v) is 6.69. The zero-order valence-electron chi connectivity index (χ0n) is 13.8. The number of rotatable bonds is 6. The highest BCUT2D eigenvalue weighted by Crippen LogP contribution is 2.19. The standard InChI is InChI=1S/C18H16BrClN2O4/c1-11-2-7-14(8-15(11)20)22-16(23)10-26-17(24)9-21-18(25)12-3-5-13(19)6-4-12/h2-8H,9-10H2,1H3,(H,21,25)(H,22,23). The molecule has 136 valence electrons. The third-order valence-corrected chi connectivity index (χ3v) is 4.26. The van der Waals surface area contributed by atoms with E-state index < -0.39 is 24.4 Å². The molecule has 2 aromatic carbocycles. The molecule has 0 heterocycles. The summed E-state index contributed by atoms with van der Waals surface area (Å²) in [7, 11) is 0. The Hall–Kier alpha value is -2.38. The van der Waals surface area contributed by atoms with Gasteiger partial charge in [0, 0.05) is 20.7 Å². The van der Waals surface area contributed by atoms with E-state index in [-0.39, 0.29) is 6.54 Å². The fourth-order valence-corrected chi connectivity index (χ4v) is 2.37. The van der Waals surface area contributed by atoms with Gasteiger partial charge in [-0.15, -0.1) is 0 Å². The molecule has 6 nitrogen and oxygen atoms in total. The summed E-state index contributed by atoms with van der Waals surface area (Å²) >= 11 is 9.25. The van der Waals surface area contributed by atoms with Gasteiger partial charge in [0.1, 0.15) is 6.54 Å². The molecular weight excluding hydrogens is 424 g/mol. The minimum atomic E-state index is -0.715. The summed E-state index contributed by atoms with van der Waals surface area (Å²) in [6.07, 6.45) is 0. The molecule has 0 bridgehead atoms. The first kappa shape index (κ1) is 19.9. The Kier molecular flexibility index (Phi) is 7.17. The number of anilines is 1. The number of nitrogens with one attached hydrogen (secondary N) is 2. The van der Waals surface area contributed by atoms with Crippen LogP contribution in [0.4, 0.5) is 5.69 Å². The normalized spacial score (nSPS) is 10.1. The summed E-state index contributed by atoms with van der Waals surface area (Å²) < 4.78 is 5.67. The van der Waals surface area contributed by atoms with Gasteiger partial charge in [0.25, 0.3) is 11.8 Å². The maximum atomic E-state index is 11.9. The Morgan fingerprint density at radius 1 is 1.12 bits per heavy atom. The van der Waals surface area contributed by atoms with Crippen LogP contribution >= 0.6 is 27.5 Å². The molecule has 2 rings (SSSR count). The Bertz CT molecular complexity index is 824. The molecule has 0 aromatic heterocycles. The van der Waals surface area contributed by atoms with Gasteiger partial charge in [0.15, 0.2) is 6.61 Å². The maximum Gasteiger partial charge on any atom is 0.325 e. The molecule has 0 saturated heterocycles. The number of hydrogen-bond donors (Lipinski definition) is 2. The van der Waals surface area contributed by atoms with E-state index in [1.165, 1.54) is 0 Å². The van der Waals surface area contributed by atoms with E-state index in [2.05, 4.69) is 26.6 Å². The molecule has 0 fully saturated rings. The smallest absolute Gasteiger partial charge is 0.325 e. The molecule has 2 N–H and O–H groups in total. The Labute approximate surface area is 164 Å². The number of aryl methyl sites for hydroxylation is 1. The molecule has 0 atom stereocenters. The summed E-state index contributed by atoms with van der Waals surface area (Å²) in [6.45, 7) is 1.05. The lowest BCUT2D eigenvalue weighted by Crippen LogP contribution is -2.32. The number of amides is 2. The summed E-state index contributed by atoms with van der Waals surface area (Å²) in [5.74, 6) is -1.63. The molecular formula is C18H16BrClN2O4. The first-order valence-corrected chi connectivity index (χ1v) is 8.77. The van der Waals surface area contributed by atoms with Crippen molar-refractivity contribution in [3.63, 3.8) is 0 Å². The molecule has 0 unspecified atom stereocenters. The maximum absolute atomic E-state index is 11.9. The van der Waals surface area contributed by atoms with Gasteiger partial charge in [-0.2, -0.15) is 0 Å². The molecule has 8 heteroatoms. The molecule has 0 saturated carbocycles. The largest absolute Gasteiger partial charge is 0.454 e. The Morgan fingerprint density at radius 3 is 2.46 bits per heavy atom. The van der Waals surface area contributed by atoms with Crippen LogP contribution in [0, 0.1) is 6.92 Å². The lowest BCUT2D eigenvalue weighted by atomic mass is 10.2. The number of hydrogen-bond acceptors (Lipinski definition) is 4. The summed E-state index contributed by atoms with van der Waals surface area (Å²) in [6, 6.07) is 11.7. The highest BCUT2D eigenvalue weighted by Gasteiger charge is 2.11.